The average Bonchev–Trinajstić information content (AvgIpc) is 3.27. The van der Waals surface area contributed by atoms with E-state index in [9.17, 15) is 4.79 Å². The molecule has 0 radical (unpaired) electrons. The van der Waals surface area contributed by atoms with Crippen molar-refractivity contribution in [1.29, 1.82) is 0 Å². The Hall–Kier alpha value is -2.99. The first kappa shape index (κ1) is 19.9. The minimum absolute atomic E-state index is 0.0130. The summed E-state index contributed by atoms with van der Waals surface area (Å²) >= 11 is 0. The van der Waals surface area contributed by atoms with Crippen molar-refractivity contribution >= 4 is 11.6 Å². The molecule has 1 amide bonds. The number of aryl methyl sites for hydroxylation is 2. The highest BCUT2D eigenvalue weighted by Crippen LogP contribution is 2.30. The zero-order valence-corrected chi connectivity index (χ0v) is 18.0. The molecule has 1 unspecified atom stereocenters. The molecule has 2 aliphatic heterocycles. The van der Waals surface area contributed by atoms with Gasteiger partial charge in [0.25, 0.3) is 0 Å². The quantitative estimate of drug-likeness (QED) is 0.637. The van der Waals surface area contributed by atoms with E-state index in [1.54, 1.807) is 0 Å². The molecular formula is C25H28N4O2. The van der Waals surface area contributed by atoms with Crippen LogP contribution in [0.4, 0.5) is 5.69 Å². The summed E-state index contributed by atoms with van der Waals surface area (Å²) in [4.78, 5) is 22.3. The standard InChI is InChI=1S/C25H28N4O2/c1-18-7-4-9-20(15-18)24-26-23(31-27-24)17-28-13-5-11-21(16-28)25(30)29-14-6-10-19-8-2-3-12-22(19)29/h2-4,7-9,12,15,21H,5-6,10-11,13-14,16-17H2,1H3. The van der Waals surface area contributed by atoms with E-state index < -0.39 is 0 Å². The number of aromatic nitrogens is 2. The molecule has 0 N–H and O–H groups in total. The summed E-state index contributed by atoms with van der Waals surface area (Å²) in [5, 5.41) is 4.16. The largest absolute Gasteiger partial charge is 0.338 e. The third-order valence-corrected chi connectivity index (χ3v) is 6.33. The fourth-order valence-electron chi connectivity index (χ4n) is 4.80. The van der Waals surface area contributed by atoms with Gasteiger partial charge in [0.15, 0.2) is 0 Å². The Morgan fingerprint density at radius 1 is 1.13 bits per heavy atom. The third-order valence-electron chi connectivity index (χ3n) is 6.33. The Balaban J connectivity index is 1.26. The molecule has 0 spiro atoms. The van der Waals surface area contributed by atoms with Gasteiger partial charge in [-0.25, -0.2) is 0 Å². The van der Waals surface area contributed by atoms with E-state index in [1.807, 2.05) is 23.1 Å². The SMILES string of the molecule is Cc1cccc(-c2noc(CN3CCCC(C(=O)N4CCCc5ccccc54)C3)n2)c1. The fourth-order valence-corrected chi connectivity index (χ4v) is 4.80. The molecule has 1 atom stereocenters. The maximum absolute atomic E-state index is 13.4. The Kier molecular flexibility index (Phi) is 5.55. The van der Waals surface area contributed by atoms with Gasteiger partial charge in [0, 0.05) is 24.3 Å². The smallest absolute Gasteiger partial charge is 0.241 e. The van der Waals surface area contributed by atoms with Crippen LogP contribution >= 0.6 is 0 Å². The van der Waals surface area contributed by atoms with Crippen molar-refractivity contribution in [2.45, 2.75) is 39.2 Å². The van der Waals surface area contributed by atoms with Crippen molar-refractivity contribution in [3.05, 3.63) is 65.5 Å². The molecule has 6 heteroatoms. The maximum Gasteiger partial charge on any atom is 0.241 e. The summed E-state index contributed by atoms with van der Waals surface area (Å²) in [6.45, 7) is 5.13. The Morgan fingerprint density at radius 3 is 2.94 bits per heavy atom. The number of likely N-dealkylation sites (tertiary alicyclic amines) is 1. The van der Waals surface area contributed by atoms with Crippen LogP contribution in [-0.2, 0) is 17.8 Å². The molecule has 0 aliphatic carbocycles. The second kappa shape index (κ2) is 8.63. The number of nitrogens with zero attached hydrogens (tertiary/aromatic N) is 4. The van der Waals surface area contributed by atoms with Gasteiger partial charge < -0.3 is 9.42 Å². The lowest BCUT2D eigenvalue weighted by Gasteiger charge is -2.36. The van der Waals surface area contributed by atoms with Crippen molar-refractivity contribution in [2.75, 3.05) is 24.5 Å². The number of rotatable bonds is 4. The van der Waals surface area contributed by atoms with Gasteiger partial charge in [0.2, 0.25) is 17.6 Å². The van der Waals surface area contributed by atoms with Gasteiger partial charge in [0.05, 0.1) is 12.5 Å². The average molecular weight is 417 g/mol. The van der Waals surface area contributed by atoms with Crippen molar-refractivity contribution in [3.8, 4) is 11.4 Å². The third kappa shape index (κ3) is 4.26. The number of carbonyl (C=O) groups is 1. The second-order valence-electron chi connectivity index (χ2n) is 8.68. The van der Waals surface area contributed by atoms with Crippen LogP contribution in [0.25, 0.3) is 11.4 Å². The lowest BCUT2D eigenvalue weighted by Crippen LogP contribution is -2.46. The van der Waals surface area contributed by atoms with E-state index in [0.717, 1.165) is 56.6 Å². The van der Waals surface area contributed by atoms with Crippen molar-refractivity contribution in [2.24, 2.45) is 5.92 Å². The highest BCUT2D eigenvalue weighted by Gasteiger charge is 2.32. The lowest BCUT2D eigenvalue weighted by atomic mass is 9.94. The van der Waals surface area contributed by atoms with Gasteiger partial charge in [-0.1, -0.05) is 47.1 Å². The van der Waals surface area contributed by atoms with E-state index >= 15 is 0 Å². The molecule has 1 saturated heterocycles. The van der Waals surface area contributed by atoms with E-state index in [2.05, 4.69) is 52.3 Å². The molecule has 160 valence electrons. The summed E-state index contributed by atoms with van der Waals surface area (Å²) < 4.78 is 5.52. The number of fused-ring (bicyclic) bond motifs is 1. The van der Waals surface area contributed by atoms with Crippen LogP contribution in [0, 0.1) is 12.8 Å². The Morgan fingerprint density at radius 2 is 2.03 bits per heavy atom. The molecule has 31 heavy (non-hydrogen) atoms. The van der Waals surface area contributed by atoms with E-state index in [1.165, 1.54) is 11.1 Å². The van der Waals surface area contributed by atoms with Crippen LogP contribution in [0.5, 0.6) is 0 Å². The van der Waals surface area contributed by atoms with E-state index in [0.29, 0.717) is 18.3 Å². The van der Waals surface area contributed by atoms with Crippen molar-refractivity contribution in [3.63, 3.8) is 0 Å². The fraction of sp³-hybridized carbons (Fsp3) is 0.400. The van der Waals surface area contributed by atoms with Gasteiger partial charge in [0.1, 0.15) is 0 Å². The first-order valence-corrected chi connectivity index (χ1v) is 11.2. The predicted molar refractivity (Wildman–Crippen MR) is 120 cm³/mol. The molecular weight excluding hydrogens is 388 g/mol. The molecule has 5 rings (SSSR count). The van der Waals surface area contributed by atoms with Crippen molar-refractivity contribution < 1.29 is 9.32 Å². The lowest BCUT2D eigenvalue weighted by molar-refractivity contribution is -0.124. The molecule has 2 aliphatic rings. The van der Waals surface area contributed by atoms with Gasteiger partial charge in [-0.3, -0.25) is 9.69 Å². The van der Waals surface area contributed by atoms with E-state index in [-0.39, 0.29) is 11.8 Å². The summed E-state index contributed by atoms with van der Waals surface area (Å²) in [5.41, 5.74) is 4.51. The normalized spacial score (nSPS) is 19.3. The highest BCUT2D eigenvalue weighted by molar-refractivity contribution is 5.96. The van der Waals surface area contributed by atoms with Gasteiger partial charge in [-0.05, 0) is 56.8 Å². The summed E-state index contributed by atoms with van der Waals surface area (Å²) in [6.07, 6.45) is 4.03. The van der Waals surface area contributed by atoms with Gasteiger partial charge in [-0.15, -0.1) is 0 Å². The van der Waals surface area contributed by atoms with Gasteiger partial charge >= 0.3 is 0 Å². The van der Waals surface area contributed by atoms with Crippen molar-refractivity contribution in [1.82, 2.24) is 15.0 Å². The summed E-state index contributed by atoms with van der Waals surface area (Å²) in [6, 6.07) is 16.4. The number of carbonyl (C=O) groups excluding carboxylic acids is 1. The predicted octanol–water partition coefficient (Wildman–Crippen LogP) is 4.24. The maximum atomic E-state index is 13.4. The zero-order valence-electron chi connectivity index (χ0n) is 18.0. The number of amides is 1. The molecule has 3 heterocycles. The number of para-hydroxylation sites is 1. The monoisotopic (exact) mass is 416 g/mol. The van der Waals surface area contributed by atoms with Crippen LogP contribution in [0.3, 0.4) is 0 Å². The molecule has 6 nitrogen and oxygen atoms in total. The minimum atomic E-state index is 0.0130. The molecule has 1 aromatic heterocycles. The Bertz CT molecular complexity index is 1080. The number of hydrogen-bond acceptors (Lipinski definition) is 5. The first-order chi connectivity index (χ1) is 15.2. The highest BCUT2D eigenvalue weighted by atomic mass is 16.5. The zero-order chi connectivity index (χ0) is 21.2. The Labute approximate surface area is 182 Å². The molecule has 0 saturated carbocycles. The van der Waals surface area contributed by atoms with Crippen LogP contribution in [0.15, 0.2) is 53.1 Å². The number of piperidine rings is 1. The molecule has 3 aromatic rings. The first-order valence-electron chi connectivity index (χ1n) is 11.2. The van der Waals surface area contributed by atoms with Gasteiger partial charge in [-0.2, -0.15) is 4.98 Å². The number of anilines is 1. The summed E-state index contributed by atoms with van der Waals surface area (Å²) in [5.74, 6) is 1.49. The van der Waals surface area contributed by atoms with Crippen LogP contribution in [0.2, 0.25) is 0 Å². The second-order valence-corrected chi connectivity index (χ2v) is 8.68. The molecule has 0 bridgehead atoms. The minimum Gasteiger partial charge on any atom is -0.338 e. The molecule has 2 aromatic carbocycles. The van der Waals surface area contributed by atoms with Crippen LogP contribution in [-0.4, -0.2) is 40.6 Å². The molecule has 1 fully saturated rings. The number of benzene rings is 2. The number of hydrogen-bond donors (Lipinski definition) is 0. The summed E-state index contributed by atoms with van der Waals surface area (Å²) in [7, 11) is 0. The van der Waals surface area contributed by atoms with E-state index in [4.69, 9.17) is 4.52 Å². The topological polar surface area (TPSA) is 62.5 Å². The van der Waals surface area contributed by atoms with Crippen LogP contribution < -0.4 is 4.90 Å². The van der Waals surface area contributed by atoms with Crippen LogP contribution in [0.1, 0.15) is 36.3 Å².